The van der Waals surface area contributed by atoms with Crippen molar-refractivity contribution in [1.82, 2.24) is 5.32 Å². The van der Waals surface area contributed by atoms with Crippen molar-refractivity contribution in [3.05, 3.63) is 24.3 Å². The zero-order chi connectivity index (χ0) is 12.7. The molecule has 1 aromatic carbocycles. The molecule has 0 saturated heterocycles. The van der Waals surface area contributed by atoms with Gasteiger partial charge >= 0.3 is 0 Å². The molecule has 0 fully saturated rings. The minimum absolute atomic E-state index is 0.149. The van der Waals surface area contributed by atoms with E-state index in [4.69, 9.17) is 10.5 Å². The minimum Gasteiger partial charge on any atom is -0.481 e. The highest BCUT2D eigenvalue weighted by molar-refractivity contribution is 7.98. The lowest BCUT2D eigenvalue weighted by Gasteiger charge is -2.14. The van der Waals surface area contributed by atoms with Gasteiger partial charge in [0.15, 0.2) is 6.10 Å². The predicted octanol–water partition coefficient (Wildman–Crippen LogP) is 1.25. The highest BCUT2D eigenvalue weighted by atomic mass is 32.2. The number of nitrogens with two attached hydrogens (primary N) is 1. The number of rotatable bonds is 6. The van der Waals surface area contributed by atoms with Gasteiger partial charge in [0.2, 0.25) is 0 Å². The highest BCUT2D eigenvalue weighted by Crippen LogP contribution is 2.19. The third-order valence-corrected chi connectivity index (χ3v) is 2.93. The lowest BCUT2D eigenvalue weighted by atomic mass is 10.3. The summed E-state index contributed by atoms with van der Waals surface area (Å²) < 4.78 is 5.51. The molecule has 0 aromatic heterocycles. The van der Waals surface area contributed by atoms with Gasteiger partial charge < -0.3 is 15.8 Å². The zero-order valence-corrected chi connectivity index (χ0v) is 10.9. The van der Waals surface area contributed by atoms with E-state index in [0.717, 1.165) is 4.90 Å². The van der Waals surface area contributed by atoms with Crippen molar-refractivity contribution in [2.75, 3.05) is 19.3 Å². The van der Waals surface area contributed by atoms with E-state index in [9.17, 15) is 4.79 Å². The average Bonchev–Trinajstić information content (AvgIpc) is 2.36. The fourth-order valence-electron chi connectivity index (χ4n) is 1.25. The van der Waals surface area contributed by atoms with Crippen LogP contribution in [-0.4, -0.2) is 31.4 Å². The molecule has 1 atom stereocenters. The summed E-state index contributed by atoms with van der Waals surface area (Å²) in [6.07, 6.45) is 1.50. The van der Waals surface area contributed by atoms with Crippen molar-refractivity contribution in [1.29, 1.82) is 0 Å². The lowest BCUT2D eigenvalue weighted by molar-refractivity contribution is -0.127. The Morgan fingerprint density at radius 1 is 1.47 bits per heavy atom. The summed E-state index contributed by atoms with van der Waals surface area (Å²) in [4.78, 5) is 12.7. The zero-order valence-electron chi connectivity index (χ0n) is 10.1. The maximum atomic E-state index is 11.5. The smallest absolute Gasteiger partial charge is 0.260 e. The van der Waals surface area contributed by atoms with Crippen LogP contribution in [0.25, 0.3) is 0 Å². The molecule has 0 radical (unpaired) electrons. The molecule has 4 nitrogen and oxygen atoms in total. The Labute approximate surface area is 106 Å². The van der Waals surface area contributed by atoms with Crippen LogP contribution in [0.2, 0.25) is 0 Å². The number of hydrogen-bond acceptors (Lipinski definition) is 4. The van der Waals surface area contributed by atoms with E-state index in [-0.39, 0.29) is 5.91 Å². The largest absolute Gasteiger partial charge is 0.481 e. The van der Waals surface area contributed by atoms with Crippen LogP contribution in [0.5, 0.6) is 5.75 Å². The molecule has 0 aliphatic carbocycles. The molecule has 3 N–H and O–H groups in total. The molecule has 5 heteroatoms. The van der Waals surface area contributed by atoms with Gasteiger partial charge in [-0.3, -0.25) is 4.79 Å². The van der Waals surface area contributed by atoms with Crippen molar-refractivity contribution in [2.24, 2.45) is 5.73 Å². The normalized spacial score (nSPS) is 11.9. The van der Waals surface area contributed by atoms with E-state index in [2.05, 4.69) is 5.32 Å². The van der Waals surface area contributed by atoms with Gasteiger partial charge in [0.05, 0.1) is 0 Å². The Bertz CT molecular complexity index is 354. The molecule has 0 bridgehead atoms. The Morgan fingerprint density at radius 2 is 2.12 bits per heavy atom. The molecule has 94 valence electrons. The van der Waals surface area contributed by atoms with Gasteiger partial charge in [0, 0.05) is 18.0 Å². The number of thioether (sulfide) groups is 1. The average molecular weight is 254 g/mol. The van der Waals surface area contributed by atoms with Crippen LogP contribution in [-0.2, 0) is 4.79 Å². The molecule has 1 rings (SSSR count). The predicted molar refractivity (Wildman–Crippen MR) is 70.4 cm³/mol. The Balaban J connectivity index is 2.49. The first-order chi connectivity index (χ1) is 8.17. The van der Waals surface area contributed by atoms with Crippen molar-refractivity contribution >= 4 is 17.7 Å². The number of amides is 1. The van der Waals surface area contributed by atoms with Crippen molar-refractivity contribution < 1.29 is 9.53 Å². The molecular weight excluding hydrogens is 236 g/mol. The summed E-state index contributed by atoms with van der Waals surface area (Å²) in [6.45, 7) is 2.62. The van der Waals surface area contributed by atoms with Gasteiger partial charge in [-0.15, -0.1) is 11.8 Å². The second kappa shape index (κ2) is 7.19. The summed E-state index contributed by atoms with van der Waals surface area (Å²) in [7, 11) is 0. The molecule has 0 aliphatic heterocycles. The molecule has 1 unspecified atom stereocenters. The summed E-state index contributed by atoms with van der Waals surface area (Å²) >= 11 is 1.67. The fraction of sp³-hybridized carbons (Fsp3) is 0.417. The van der Waals surface area contributed by atoms with Crippen LogP contribution in [0.15, 0.2) is 29.2 Å². The van der Waals surface area contributed by atoms with E-state index in [1.165, 1.54) is 0 Å². The van der Waals surface area contributed by atoms with Gasteiger partial charge in [0.25, 0.3) is 5.91 Å². The number of carbonyl (C=O) groups is 1. The molecule has 1 aromatic rings. The van der Waals surface area contributed by atoms with E-state index in [1.807, 2.05) is 30.5 Å². The standard InChI is InChI=1S/C12H18N2O2S/c1-9(12(15)14-8-7-13)16-10-3-5-11(17-2)6-4-10/h3-6,9H,7-8,13H2,1-2H3,(H,14,15). The Morgan fingerprint density at radius 3 is 2.65 bits per heavy atom. The Kier molecular flexibility index (Phi) is 5.86. The molecule has 0 spiro atoms. The second-order valence-electron chi connectivity index (χ2n) is 3.52. The second-order valence-corrected chi connectivity index (χ2v) is 4.39. The van der Waals surface area contributed by atoms with E-state index < -0.39 is 6.10 Å². The van der Waals surface area contributed by atoms with Crippen LogP contribution >= 0.6 is 11.8 Å². The maximum Gasteiger partial charge on any atom is 0.260 e. The van der Waals surface area contributed by atoms with Crippen LogP contribution in [0, 0.1) is 0 Å². The lowest BCUT2D eigenvalue weighted by Crippen LogP contribution is -2.38. The third kappa shape index (κ3) is 4.66. The summed E-state index contributed by atoms with van der Waals surface area (Å²) in [5.41, 5.74) is 5.30. The highest BCUT2D eigenvalue weighted by Gasteiger charge is 2.13. The van der Waals surface area contributed by atoms with Gasteiger partial charge in [0.1, 0.15) is 5.75 Å². The molecule has 17 heavy (non-hydrogen) atoms. The Hall–Kier alpha value is -1.20. The summed E-state index contributed by atoms with van der Waals surface area (Å²) in [5, 5.41) is 2.68. The first kappa shape index (κ1) is 13.9. The monoisotopic (exact) mass is 254 g/mol. The van der Waals surface area contributed by atoms with Gasteiger partial charge in [-0.2, -0.15) is 0 Å². The van der Waals surface area contributed by atoms with Crippen LogP contribution in [0.4, 0.5) is 0 Å². The molecule has 1 amide bonds. The molecule has 0 saturated carbocycles. The number of benzene rings is 1. The fourth-order valence-corrected chi connectivity index (χ4v) is 1.66. The summed E-state index contributed by atoms with van der Waals surface area (Å²) in [5.74, 6) is 0.544. The van der Waals surface area contributed by atoms with Gasteiger partial charge in [-0.25, -0.2) is 0 Å². The summed E-state index contributed by atoms with van der Waals surface area (Å²) in [6, 6.07) is 7.64. The molecular formula is C12H18N2O2S. The maximum absolute atomic E-state index is 11.5. The van der Waals surface area contributed by atoms with E-state index >= 15 is 0 Å². The van der Waals surface area contributed by atoms with Crippen LogP contribution in [0.1, 0.15) is 6.92 Å². The van der Waals surface area contributed by atoms with Crippen LogP contribution < -0.4 is 15.8 Å². The first-order valence-electron chi connectivity index (χ1n) is 5.46. The van der Waals surface area contributed by atoms with Crippen molar-refractivity contribution in [2.45, 2.75) is 17.9 Å². The van der Waals surface area contributed by atoms with Gasteiger partial charge in [-0.05, 0) is 37.4 Å². The number of ether oxygens (including phenoxy) is 1. The molecule has 0 aliphatic rings. The SMILES string of the molecule is CSc1ccc(OC(C)C(=O)NCCN)cc1. The van der Waals surface area contributed by atoms with E-state index in [1.54, 1.807) is 18.7 Å². The van der Waals surface area contributed by atoms with Crippen molar-refractivity contribution in [3.8, 4) is 5.75 Å². The van der Waals surface area contributed by atoms with Gasteiger partial charge in [-0.1, -0.05) is 0 Å². The quantitative estimate of drug-likeness (QED) is 0.750. The molecule has 0 heterocycles. The number of carbonyl (C=O) groups excluding carboxylic acids is 1. The number of hydrogen-bond donors (Lipinski definition) is 2. The van der Waals surface area contributed by atoms with Crippen LogP contribution in [0.3, 0.4) is 0 Å². The van der Waals surface area contributed by atoms with Crippen molar-refractivity contribution in [3.63, 3.8) is 0 Å². The number of nitrogens with one attached hydrogen (secondary N) is 1. The first-order valence-corrected chi connectivity index (χ1v) is 6.68. The topological polar surface area (TPSA) is 64.3 Å². The van der Waals surface area contributed by atoms with E-state index in [0.29, 0.717) is 18.8 Å². The third-order valence-electron chi connectivity index (χ3n) is 2.19. The minimum atomic E-state index is -0.512.